The summed E-state index contributed by atoms with van der Waals surface area (Å²) in [5.41, 5.74) is 1.44. The highest BCUT2D eigenvalue weighted by Crippen LogP contribution is 2.39. The van der Waals surface area contributed by atoms with Gasteiger partial charge in [0.1, 0.15) is 12.4 Å². The lowest BCUT2D eigenvalue weighted by Gasteiger charge is -2.17. The summed E-state index contributed by atoms with van der Waals surface area (Å²) in [7, 11) is -4.94. The molecular formula is C20H19ClFN3O6. The minimum absolute atomic E-state index is 0.0284. The van der Waals surface area contributed by atoms with Crippen LogP contribution < -0.4 is 23.2 Å². The third-order valence-corrected chi connectivity index (χ3v) is 4.49. The van der Waals surface area contributed by atoms with Crippen LogP contribution in [0.5, 0.6) is 0 Å². The number of aryl methyl sites for hydroxylation is 1. The van der Waals surface area contributed by atoms with E-state index in [0.29, 0.717) is 30.2 Å². The van der Waals surface area contributed by atoms with E-state index in [2.05, 4.69) is 10.2 Å². The quantitative estimate of drug-likeness (QED) is 0.326. The molecule has 1 aliphatic rings. The van der Waals surface area contributed by atoms with Gasteiger partial charge in [-0.2, -0.15) is 0 Å². The number of benzene rings is 1. The van der Waals surface area contributed by atoms with Gasteiger partial charge in [-0.3, -0.25) is 4.79 Å². The Morgan fingerprint density at radius 2 is 1.68 bits per heavy atom. The Balaban J connectivity index is 0.000000491. The lowest BCUT2D eigenvalue weighted by Crippen LogP contribution is -2.68. The average Bonchev–Trinajstić information content (AvgIpc) is 3.45. The zero-order chi connectivity index (χ0) is 22.4. The first-order valence-electron chi connectivity index (χ1n) is 9.42. The monoisotopic (exact) mass is 451 g/mol. The third-order valence-electron chi connectivity index (χ3n) is 4.49. The number of rotatable bonds is 7. The second-order valence-corrected chi connectivity index (χ2v) is 7.71. The van der Waals surface area contributed by atoms with Gasteiger partial charge in [0, 0.05) is 36.5 Å². The van der Waals surface area contributed by atoms with E-state index in [1.165, 1.54) is 24.3 Å². The van der Waals surface area contributed by atoms with Gasteiger partial charge in [0.05, 0.1) is 5.56 Å². The van der Waals surface area contributed by atoms with E-state index in [-0.39, 0.29) is 11.6 Å². The molecule has 1 aromatic carbocycles. The summed E-state index contributed by atoms with van der Waals surface area (Å²) in [6, 6.07) is 9.55. The van der Waals surface area contributed by atoms with Crippen molar-refractivity contribution in [2.75, 3.05) is 0 Å². The van der Waals surface area contributed by atoms with E-state index in [9.17, 15) is 9.18 Å². The molecule has 0 bridgehead atoms. The normalized spacial score (nSPS) is 13.5. The SMILES string of the molecule is O=C(CCC[n+]1ccc(-c2nnc(C3CC3)o2)cc1)c1ccc(F)cc1.[O-][Cl+3]([O-])([O-])[O-]. The van der Waals surface area contributed by atoms with Gasteiger partial charge >= 0.3 is 0 Å². The predicted molar refractivity (Wildman–Crippen MR) is 91.9 cm³/mol. The molecule has 1 saturated carbocycles. The number of nitrogens with zero attached hydrogens (tertiary/aromatic N) is 3. The Morgan fingerprint density at radius 1 is 1.06 bits per heavy atom. The van der Waals surface area contributed by atoms with Crippen molar-refractivity contribution in [3.63, 3.8) is 0 Å². The molecule has 1 fully saturated rings. The first-order chi connectivity index (χ1) is 14.7. The number of halogens is 2. The predicted octanol–water partition coefficient (Wildman–Crippen LogP) is -1.05. The zero-order valence-electron chi connectivity index (χ0n) is 16.3. The third kappa shape index (κ3) is 7.78. The molecule has 0 spiro atoms. The van der Waals surface area contributed by atoms with E-state index >= 15 is 0 Å². The van der Waals surface area contributed by atoms with Crippen LogP contribution in [0.15, 0.2) is 53.2 Å². The standard InChI is InChI=1S/C20H19FN3O2.ClHO4/c21-17-7-5-14(6-8-17)18(25)2-1-11-24-12-9-16(10-13-24)20-23-22-19(26-20)15-3-4-15;2-1(3,4)5/h5-10,12-13,15H,1-4,11H2;(H,2,3,4,5)/q+1;/p-1. The maximum Gasteiger partial charge on any atom is 0.248 e. The molecule has 0 atom stereocenters. The van der Waals surface area contributed by atoms with Crippen LogP contribution in [-0.4, -0.2) is 16.0 Å². The van der Waals surface area contributed by atoms with E-state index in [4.69, 9.17) is 23.1 Å². The molecule has 0 radical (unpaired) electrons. The van der Waals surface area contributed by atoms with Crippen molar-refractivity contribution < 1.29 is 47.0 Å². The van der Waals surface area contributed by atoms with Crippen molar-refractivity contribution in [1.82, 2.24) is 10.2 Å². The number of aromatic nitrogens is 3. The molecule has 0 saturated heterocycles. The van der Waals surface area contributed by atoms with Crippen LogP contribution in [0.4, 0.5) is 4.39 Å². The van der Waals surface area contributed by atoms with Crippen LogP contribution in [0, 0.1) is 16.1 Å². The molecule has 164 valence electrons. The lowest BCUT2D eigenvalue weighted by molar-refractivity contribution is -2.00. The summed E-state index contributed by atoms with van der Waals surface area (Å²) in [5, 5.41) is 8.20. The smallest absolute Gasteiger partial charge is 0.248 e. The van der Waals surface area contributed by atoms with Crippen molar-refractivity contribution in [3.05, 3.63) is 66.1 Å². The molecule has 31 heavy (non-hydrogen) atoms. The highest BCUT2D eigenvalue weighted by Gasteiger charge is 2.29. The molecule has 0 unspecified atom stereocenters. The summed E-state index contributed by atoms with van der Waals surface area (Å²) in [6.45, 7) is 0.727. The summed E-state index contributed by atoms with van der Waals surface area (Å²) in [5.74, 6) is 1.42. The van der Waals surface area contributed by atoms with Gasteiger partial charge in [-0.15, -0.1) is 20.4 Å². The number of pyridine rings is 1. The van der Waals surface area contributed by atoms with Crippen LogP contribution in [0.3, 0.4) is 0 Å². The molecule has 4 rings (SSSR count). The van der Waals surface area contributed by atoms with Gasteiger partial charge in [-0.05, 0) is 37.1 Å². The summed E-state index contributed by atoms with van der Waals surface area (Å²) >= 11 is 0. The molecule has 2 aromatic heterocycles. The minimum Gasteiger partial charge on any atom is -0.420 e. The Hall–Kier alpha value is -2.76. The second kappa shape index (κ2) is 10.0. The fourth-order valence-electron chi connectivity index (χ4n) is 2.80. The van der Waals surface area contributed by atoms with Crippen LogP contribution in [0.2, 0.25) is 0 Å². The van der Waals surface area contributed by atoms with Gasteiger partial charge in [0.2, 0.25) is 11.8 Å². The minimum atomic E-state index is -4.94. The Bertz CT molecular complexity index is 995. The highest BCUT2D eigenvalue weighted by atomic mass is 35.7. The highest BCUT2D eigenvalue weighted by molar-refractivity contribution is 5.95. The molecule has 1 aliphatic carbocycles. The van der Waals surface area contributed by atoms with Crippen molar-refractivity contribution in [2.45, 2.75) is 38.1 Å². The van der Waals surface area contributed by atoms with Crippen molar-refractivity contribution in [3.8, 4) is 11.5 Å². The molecule has 0 aliphatic heterocycles. The Kier molecular flexibility index (Phi) is 7.42. The van der Waals surface area contributed by atoms with E-state index in [1.807, 2.05) is 29.1 Å². The molecule has 2 heterocycles. The first-order valence-corrected chi connectivity index (χ1v) is 10.7. The number of Topliss-reactive ketones (excluding diaryl/α,β-unsaturated/α-hetero) is 1. The van der Waals surface area contributed by atoms with Gasteiger partial charge in [0.15, 0.2) is 18.2 Å². The van der Waals surface area contributed by atoms with Crippen LogP contribution in [0.25, 0.3) is 11.5 Å². The van der Waals surface area contributed by atoms with Crippen LogP contribution in [0.1, 0.15) is 47.8 Å². The molecule has 9 nitrogen and oxygen atoms in total. The summed E-state index contributed by atoms with van der Waals surface area (Å²) in [4.78, 5) is 12.1. The fraction of sp³-hybridized carbons (Fsp3) is 0.300. The van der Waals surface area contributed by atoms with Crippen molar-refractivity contribution >= 4 is 5.78 Å². The number of carbonyl (C=O) groups is 1. The second-order valence-electron chi connectivity index (χ2n) is 6.96. The molecule has 0 amide bonds. The molecule has 0 N–H and O–H groups in total. The van der Waals surface area contributed by atoms with Crippen molar-refractivity contribution in [1.29, 1.82) is 0 Å². The van der Waals surface area contributed by atoms with Crippen LogP contribution in [-0.2, 0) is 6.54 Å². The molecular weight excluding hydrogens is 433 g/mol. The maximum absolute atomic E-state index is 12.9. The van der Waals surface area contributed by atoms with Gasteiger partial charge < -0.3 is 4.42 Å². The fourth-order valence-corrected chi connectivity index (χ4v) is 2.80. The average molecular weight is 452 g/mol. The van der Waals surface area contributed by atoms with E-state index in [0.717, 1.165) is 30.8 Å². The van der Waals surface area contributed by atoms with Gasteiger partial charge in [-0.1, -0.05) is 0 Å². The lowest BCUT2D eigenvalue weighted by atomic mass is 10.1. The zero-order valence-corrected chi connectivity index (χ0v) is 17.0. The first kappa shape index (κ1) is 22.9. The van der Waals surface area contributed by atoms with Gasteiger partial charge in [0.25, 0.3) is 0 Å². The molecule has 11 heteroatoms. The van der Waals surface area contributed by atoms with Gasteiger partial charge in [-0.25, -0.2) is 27.6 Å². The number of hydrogen-bond acceptors (Lipinski definition) is 8. The van der Waals surface area contributed by atoms with E-state index in [1.54, 1.807) is 0 Å². The topological polar surface area (TPSA) is 152 Å². The summed E-state index contributed by atoms with van der Waals surface area (Å²) in [6.07, 6.45) is 7.29. The van der Waals surface area contributed by atoms with Crippen molar-refractivity contribution in [2.24, 2.45) is 0 Å². The molecule has 3 aromatic rings. The maximum atomic E-state index is 12.9. The Morgan fingerprint density at radius 3 is 2.26 bits per heavy atom. The number of hydrogen-bond donors (Lipinski definition) is 0. The Labute approximate surface area is 179 Å². The number of ketones is 1. The summed E-state index contributed by atoms with van der Waals surface area (Å²) < 4.78 is 54.6. The number of carbonyl (C=O) groups excluding carboxylic acids is 1. The van der Waals surface area contributed by atoms with E-state index < -0.39 is 10.2 Å². The van der Waals surface area contributed by atoms with Crippen LogP contribution >= 0.6 is 0 Å². The largest absolute Gasteiger partial charge is 0.420 e.